The third-order valence-corrected chi connectivity index (χ3v) is 2.67. The molecule has 0 aliphatic heterocycles. The Labute approximate surface area is 81.3 Å². The monoisotopic (exact) mass is 195 g/mol. The Kier molecular flexibility index (Phi) is 2.19. The van der Waals surface area contributed by atoms with Gasteiger partial charge in [0.15, 0.2) is 5.76 Å². The smallest absolute Gasteiger partial charge is 0.419 e. The van der Waals surface area contributed by atoms with Crippen LogP contribution in [0.4, 0.5) is 0 Å². The van der Waals surface area contributed by atoms with Gasteiger partial charge in [0.05, 0.1) is 0 Å². The van der Waals surface area contributed by atoms with Crippen molar-refractivity contribution in [1.29, 1.82) is 0 Å². The summed E-state index contributed by atoms with van der Waals surface area (Å²) in [4.78, 5) is 13.0. The van der Waals surface area contributed by atoms with Gasteiger partial charge in [-0.25, -0.2) is 4.79 Å². The molecular formula is C10H13NO3. The van der Waals surface area contributed by atoms with Gasteiger partial charge in [0.25, 0.3) is 0 Å². The van der Waals surface area contributed by atoms with Crippen LogP contribution in [0.15, 0.2) is 20.9 Å². The molecular weight excluding hydrogens is 182 g/mol. The molecule has 0 saturated heterocycles. The first kappa shape index (κ1) is 9.12. The average Bonchev–Trinajstić information content (AvgIpc) is 2.47. The molecule has 0 aromatic carbocycles. The van der Waals surface area contributed by atoms with Gasteiger partial charge in [0.2, 0.25) is 5.88 Å². The molecule has 1 atom stereocenters. The van der Waals surface area contributed by atoms with Gasteiger partial charge in [-0.1, -0.05) is 11.6 Å². The molecule has 0 radical (unpaired) electrons. The minimum atomic E-state index is -0.580. The van der Waals surface area contributed by atoms with Crippen molar-refractivity contribution in [2.75, 3.05) is 0 Å². The molecule has 2 rings (SSSR count). The van der Waals surface area contributed by atoms with Gasteiger partial charge in [-0.15, -0.1) is 0 Å². The first-order chi connectivity index (χ1) is 6.66. The van der Waals surface area contributed by atoms with E-state index in [4.69, 9.17) is 4.42 Å². The van der Waals surface area contributed by atoms with Gasteiger partial charge >= 0.3 is 5.76 Å². The van der Waals surface area contributed by atoms with Gasteiger partial charge in [0, 0.05) is 5.92 Å². The summed E-state index contributed by atoms with van der Waals surface area (Å²) in [6.45, 7) is 2.09. The number of aromatic nitrogens is 1. The Balaban J connectivity index is 2.24. The largest absolute Gasteiger partial charge is 0.492 e. The SMILES string of the molecule is CC1=CCC(c2oc(=O)[nH]c2O)CC1. The predicted octanol–water partition coefficient (Wildman–Crippen LogP) is 1.89. The molecule has 1 aromatic rings. The minimum absolute atomic E-state index is 0.118. The van der Waals surface area contributed by atoms with Crippen LogP contribution in [0.5, 0.6) is 5.88 Å². The number of allylic oxidation sites excluding steroid dienone is 2. The maximum absolute atomic E-state index is 10.8. The first-order valence-electron chi connectivity index (χ1n) is 4.74. The second kappa shape index (κ2) is 3.36. The quantitative estimate of drug-likeness (QED) is 0.672. The highest BCUT2D eigenvalue weighted by Gasteiger charge is 2.22. The van der Waals surface area contributed by atoms with Crippen molar-refractivity contribution in [3.8, 4) is 5.88 Å². The molecule has 4 heteroatoms. The summed E-state index contributed by atoms with van der Waals surface area (Å²) < 4.78 is 4.90. The molecule has 2 N–H and O–H groups in total. The lowest BCUT2D eigenvalue weighted by Gasteiger charge is -2.17. The number of hydrogen-bond donors (Lipinski definition) is 2. The number of rotatable bonds is 1. The highest BCUT2D eigenvalue weighted by molar-refractivity contribution is 5.21. The van der Waals surface area contributed by atoms with Crippen molar-refractivity contribution in [2.45, 2.75) is 32.1 Å². The van der Waals surface area contributed by atoms with E-state index in [1.54, 1.807) is 0 Å². The fourth-order valence-electron chi connectivity index (χ4n) is 1.81. The van der Waals surface area contributed by atoms with E-state index >= 15 is 0 Å². The summed E-state index contributed by atoms with van der Waals surface area (Å²) >= 11 is 0. The molecule has 76 valence electrons. The zero-order valence-electron chi connectivity index (χ0n) is 8.04. The van der Waals surface area contributed by atoms with Crippen LogP contribution in [0.2, 0.25) is 0 Å². The van der Waals surface area contributed by atoms with E-state index in [2.05, 4.69) is 18.0 Å². The van der Waals surface area contributed by atoms with Crippen LogP contribution >= 0.6 is 0 Å². The van der Waals surface area contributed by atoms with Gasteiger partial charge in [-0.2, -0.15) is 0 Å². The van der Waals surface area contributed by atoms with Crippen LogP contribution in [-0.2, 0) is 0 Å². The molecule has 1 aromatic heterocycles. The fourth-order valence-corrected chi connectivity index (χ4v) is 1.81. The van der Waals surface area contributed by atoms with Gasteiger partial charge in [-0.05, 0) is 26.2 Å². The molecule has 0 bridgehead atoms. The summed E-state index contributed by atoms with van der Waals surface area (Å²) in [7, 11) is 0. The Bertz CT molecular complexity index is 413. The van der Waals surface area contributed by atoms with Crippen LogP contribution in [-0.4, -0.2) is 10.1 Å². The predicted molar refractivity (Wildman–Crippen MR) is 51.3 cm³/mol. The highest BCUT2D eigenvalue weighted by atomic mass is 16.4. The molecule has 0 spiro atoms. The van der Waals surface area contributed by atoms with Gasteiger partial charge < -0.3 is 9.52 Å². The van der Waals surface area contributed by atoms with E-state index in [0.29, 0.717) is 5.76 Å². The maximum Gasteiger partial charge on any atom is 0.419 e. The summed E-state index contributed by atoms with van der Waals surface area (Å²) in [5.74, 6) is -0.159. The Morgan fingerprint density at radius 1 is 1.64 bits per heavy atom. The normalized spacial score (nSPS) is 22.1. The molecule has 1 heterocycles. The fraction of sp³-hybridized carbons (Fsp3) is 0.500. The van der Waals surface area contributed by atoms with Crippen LogP contribution in [0, 0.1) is 0 Å². The second-order valence-corrected chi connectivity index (χ2v) is 3.75. The maximum atomic E-state index is 10.8. The van der Waals surface area contributed by atoms with Crippen molar-refractivity contribution in [2.24, 2.45) is 0 Å². The topological polar surface area (TPSA) is 66.2 Å². The Hall–Kier alpha value is -1.45. The summed E-state index contributed by atoms with van der Waals surface area (Å²) in [6, 6.07) is 0. The summed E-state index contributed by atoms with van der Waals surface area (Å²) in [5, 5.41) is 9.38. The lowest BCUT2D eigenvalue weighted by atomic mass is 9.89. The van der Waals surface area contributed by atoms with E-state index < -0.39 is 5.76 Å². The minimum Gasteiger partial charge on any atom is -0.492 e. The lowest BCUT2D eigenvalue weighted by Crippen LogP contribution is -2.02. The van der Waals surface area contributed by atoms with Crippen molar-refractivity contribution < 1.29 is 9.52 Å². The summed E-state index contributed by atoms with van der Waals surface area (Å²) in [6.07, 6.45) is 4.89. The third kappa shape index (κ3) is 1.60. The molecule has 0 amide bonds. The van der Waals surface area contributed by atoms with Crippen molar-refractivity contribution >= 4 is 0 Å². The number of H-pyrrole nitrogens is 1. The van der Waals surface area contributed by atoms with E-state index in [1.807, 2.05) is 0 Å². The Morgan fingerprint density at radius 3 is 2.93 bits per heavy atom. The van der Waals surface area contributed by atoms with Crippen molar-refractivity contribution in [3.63, 3.8) is 0 Å². The Morgan fingerprint density at radius 2 is 2.43 bits per heavy atom. The van der Waals surface area contributed by atoms with E-state index in [0.717, 1.165) is 19.3 Å². The zero-order valence-corrected chi connectivity index (χ0v) is 8.04. The van der Waals surface area contributed by atoms with Crippen molar-refractivity contribution in [1.82, 2.24) is 4.98 Å². The molecule has 1 aliphatic carbocycles. The number of oxazole rings is 1. The van der Waals surface area contributed by atoms with E-state index in [-0.39, 0.29) is 11.8 Å². The molecule has 4 nitrogen and oxygen atoms in total. The summed E-state index contributed by atoms with van der Waals surface area (Å²) in [5.41, 5.74) is 1.36. The molecule has 14 heavy (non-hydrogen) atoms. The lowest BCUT2D eigenvalue weighted by molar-refractivity contribution is 0.382. The van der Waals surface area contributed by atoms with Crippen LogP contribution in [0.3, 0.4) is 0 Å². The van der Waals surface area contributed by atoms with Gasteiger partial charge in [0.1, 0.15) is 0 Å². The van der Waals surface area contributed by atoms with Crippen LogP contribution in [0.1, 0.15) is 37.9 Å². The average molecular weight is 195 g/mol. The zero-order chi connectivity index (χ0) is 10.1. The van der Waals surface area contributed by atoms with E-state index in [9.17, 15) is 9.90 Å². The molecule has 0 fully saturated rings. The molecule has 0 saturated carbocycles. The van der Waals surface area contributed by atoms with Crippen LogP contribution in [0.25, 0.3) is 0 Å². The van der Waals surface area contributed by atoms with E-state index in [1.165, 1.54) is 5.57 Å². The van der Waals surface area contributed by atoms with Crippen LogP contribution < -0.4 is 5.76 Å². The molecule has 1 unspecified atom stereocenters. The number of aromatic amines is 1. The highest BCUT2D eigenvalue weighted by Crippen LogP contribution is 2.34. The molecule has 1 aliphatic rings. The number of nitrogens with one attached hydrogen (secondary N) is 1. The third-order valence-electron chi connectivity index (χ3n) is 2.67. The first-order valence-corrected chi connectivity index (χ1v) is 4.74. The second-order valence-electron chi connectivity index (χ2n) is 3.75. The number of aromatic hydroxyl groups is 1. The number of hydrogen-bond acceptors (Lipinski definition) is 3. The van der Waals surface area contributed by atoms with Gasteiger partial charge in [-0.3, -0.25) is 4.98 Å². The standard InChI is InChI=1S/C10H13NO3/c1-6-2-4-7(5-3-6)8-9(12)11-10(13)14-8/h2,7,12H,3-5H2,1H3,(H,11,13). The van der Waals surface area contributed by atoms with Crippen molar-refractivity contribution in [3.05, 3.63) is 28.0 Å².